The highest BCUT2D eigenvalue weighted by Crippen LogP contribution is 2.37. The molecule has 0 aliphatic heterocycles. The average molecular weight is 549 g/mol. The summed E-state index contributed by atoms with van der Waals surface area (Å²) in [5.74, 6) is -0.886. The van der Waals surface area contributed by atoms with E-state index < -0.39 is 16.2 Å². The van der Waals surface area contributed by atoms with Crippen LogP contribution in [-0.4, -0.2) is 45.4 Å². The van der Waals surface area contributed by atoms with Crippen molar-refractivity contribution in [1.29, 1.82) is 0 Å². The topological polar surface area (TPSA) is 69.6 Å². The van der Waals surface area contributed by atoms with Gasteiger partial charge in [-0.1, -0.05) is 39.8 Å². The zero-order chi connectivity index (χ0) is 28.3. The second-order valence-electron chi connectivity index (χ2n) is 8.13. The summed E-state index contributed by atoms with van der Waals surface area (Å²) in [6, 6.07) is 5.44. The Hall–Kier alpha value is -2.07. The number of carbonyl (C=O) groups is 2. The van der Waals surface area contributed by atoms with Crippen LogP contribution in [0.4, 0.5) is 18.0 Å². The molecule has 1 aliphatic carbocycles. The first-order valence-electron chi connectivity index (χ1n) is 11.9. The number of allylic oxidation sites excluding steroid dienone is 4. The normalized spacial score (nSPS) is 15.6. The highest BCUT2D eigenvalue weighted by atomic mass is 32.2. The fraction of sp³-hybridized carbons (Fsp3) is 0.538. The quantitative estimate of drug-likeness (QED) is 0.268. The Balaban J connectivity index is 0.00000291. The fourth-order valence-corrected chi connectivity index (χ4v) is 4.69. The summed E-state index contributed by atoms with van der Waals surface area (Å²) in [4.78, 5) is 26.5. The number of nitrogens with one attached hydrogen (secondary N) is 1. The number of nitrogens with zero attached hydrogens (tertiary/aromatic N) is 1. The molecule has 0 saturated heterocycles. The number of amides is 2. The van der Waals surface area contributed by atoms with Crippen molar-refractivity contribution in [2.24, 2.45) is 0 Å². The predicted octanol–water partition coefficient (Wildman–Crippen LogP) is 7.86. The zero-order valence-electron chi connectivity index (χ0n) is 22.5. The number of aliphatic carboxylic acids is 1. The van der Waals surface area contributed by atoms with Crippen molar-refractivity contribution in [3.05, 3.63) is 52.1 Å². The van der Waals surface area contributed by atoms with Crippen LogP contribution < -0.4 is 5.32 Å². The first-order valence-corrected chi connectivity index (χ1v) is 13.5. The highest BCUT2D eigenvalue weighted by molar-refractivity contribution is 8.03. The molecule has 0 aromatic heterocycles. The molecule has 1 aromatic rings. The number of hydrogen-bond acceptors (Lipinski definition) is 4. The number of alkyl halides is 3. The molecule has 1 unspecified atom stereocenters. The molecule has 0 saturated carbocycles. The molecule has 0 fully saturated rings. The third kappa shape index (κ3) is 11.3. The lowest BCUT2D eigenvalue weighted by Crippen LogP contribution is -2.43. The van der Waals surface area contributed by atoms with E-state index in [0.29, 0.717) is 18.5 Å². The van der Waals surface area contributed by atoms with Gasteiger partial charge < -0.3 is 15.3 Å². The van der Waals surface area contributed by atoms with Crippen molar-refractivity contribution in [2.75, 3.05) is 7.05 Å². The Morgan fingerprint density at radius 1 is 1.06 bits per heavy atom. The predicted molar refractivity (Wildman–Crippen MR) is 145 cm³/mol. The van der Waals surface area contributed by atoms with Gasteiger partial charge in [0.05, 0.1) is 0 Å². The number of urea groups is 1. The molecule has 2 amide bonds. The van der Waals surface area contributed by atoms with Crippen LogP contribution in [0.25, 0.3) is 0 Å². The number of benzene rings is 1. The molecule has 1 aromatic carbocycles. The first kappa shape index (κ1) is 33.9. The number of likely N-dealkylation sites (N-methyl/N-ethyl adjacent to an activating group) is 1. The standard InChI is InChI=1S/C22H27F3N2O3S2.2C2H6/c1-13(6-7-14(2)31-22(23,24)25)26-20(30)27(5)17-10-15-8-9-18(12-16(15)11-17)32-21(3,4)19(28)29;2*1-2/h6-9,12,17H,10-11H2,1-5H3,(H,26,30)(H,28,29);2*1-2H3/b13-6+,14-7+;;. The van der Waals surface area contributed by atoms with Crippen LogP contribution in [0.15, 0.2) is 45.8 Å². The van der Waals surface area contributed by atoms with Gasteiger partial charge in [0.1, 0.15) is 4.75 Å². The van der Waals surface area contributed by atoms with Crippen LogP contribution >= 0.6 is 23.5 Å². The van der Waals surface area contributed by atoms with Crippen molar-refractivity contribution in [3.63, 3.8) is 0 Å². The summed E-state index contributed by atoms with van der Waals surface area (Å²) < 4.78 is 36.2. The maximum atomic E-state index is 12.6. The SMILES string of the molecule is C/C(=C\C=C(/C)SC(F)(F)F)NC(=O)N(C)C1Cc2ccc(SC(C)(C)C(=O)O)cc2C1.CC.CC. The van der Waals surface area contributed by atoms with Gasteiger partial charge in [-0.15, -0.1) is 11.8 Å². The molecule has 204 valence electrons. The minimum atomic E-state index is -4.34. The number of halogens is 3. The number of carboxylic acid groups (broad SMARTS) is 1. The summed E-state index contributed by atoms with van der Waals surface area (Å²) in [5.41, 5.74) is -1.71. The van der Waals surface area contributed by atoms with Crippen LogP contribution in [0.1, 0.15) is 66.5 Å². The summed E-state index contributed by atoms with van der Waals surface area (Å²) >= 11 is 1.08. The van der Waals surface area contributed by atoms with E-state index in [0.717, 1.165) is 16.0 Å². The van der Waals surface area contributed by atoms with Gasteiger partial charge in [-0.2, -0.15) is 13.2 Å². The maximum Gasteiger partial charge on any atom is 0.446 e. The van der Waals surface area contributed by atoms with Crippen LogP contribution in [0, 0.1) is 0 Å². The molecule has 10 heteroatoms. The summed E-state index contributed by atoms with van der Waals surface area (Å²) in [7, 11) is 1.68. The smallest absolute Gasteiger partial charge is 0.446 e. The third-order valence-corrected chi connectivity index (χ3v) is 6.86. The van der Waals surface area contributed by atoms with Gasteiger partial charge in [0.15, 0.2) is 0 Å². The van der Waals surface area contributed by atoms with Gasteiger partial charge in [-0.05, 0) is 86.5 Å². The van der Waals surface area contributed by atoms with Crippen LogP contribution in [-0.2, 0) is 17.6 Å². The van der Waals surface area contributed by atoms with Crippen molar-refractivity contribution in [3.8, 4) is 0 Å². The van der Waals surface area contributed by atoms with E-state index in [4.69, 9.17) is 0 Å². The zero-order valence-corrected chi connectivity index (χ0v) is 24.2. The van der Waals surface area contributed by atoms with E-state index in [2.05, 4.69) is 5.32 Å². The van der Waals surface area contributed by atoms with Gasteiger partial charge in [0, 0.05) is 23.7 Å². The van der Waals surface area contributed by atoms with E-state index in [9.17, 15) is 27.9 Å². The molecule has 2 rings (SSSR count). The van der Waals surface area contributed by atoms with E-state index >= 15 is 0 Å². The molecule has 0 radical (unpaired) electrons. The Morgan fingerprint density at radius 3 is 2.14 bits per heavy atom. The number of carboxylic acids is 1. The minimum absolute atomic E-state index is 0.0661. The molecular weight excluding hydrogens is 509 g/mol. The van der Waals surface area contributed by atoms with Gasteiger partial charge in [-0.3, -0.25) is 4.79 Å². The Morgan fingerprint density at radius 2 is 1.61 bits per heavy atom. The van der Waals surface area contributed by atoms with Gasteiger partial charge >= 0.3 is 17.5 Å². The van der Waals surface area contributed by atoms with Crippen molar-refractivity contribution >= 4 is 35.5 Å². The second-order valence-corrected chi connectivity index (χ2v) is 11.1. The van der Waals surface area contributed by atoms with E-state index in [1.54, 1.807) is 32.7 Å². The molecule has 36 heavy (non-hydrogen) atoms. The molecule has 2 N–H and O–H groups in total. The Labute approximate surface area is 222 Å². The average Bonchev–Trinajstić information content (AvgIpc) is 3.21. The largest absolute Gasteiger partial charge is 0.480 e. The summed E-state index contributed by atoms with van der Waals surface area (Å²) in [6.45, 7) is 14.3. The van der Waals surface area contributed by atoms with E-state index in [1.807, 2.05) is 45.9 Å². The van der Waals surface area contributed by atoms with Gasteiger partial charge in [-0.25, -0.2) is 4.79 Å². The molecule has 0 bridgehead atoms. The van der Waals surface area contributed by atoms with Gasteiger partial charge in [0.2, 0.25) is 0 Å². The molecule has 1 aliphatic rings. The van der Waals surface area contributed by atoms with Crippen LogP contribution in [0.5, 0.6) is 0 Å². The minimum Gasteiger partial charge on any atom is -0.480 e. The Kier molecular flexibility index (Phi) is 14.4. The van der Waals surface area contributed by atoms with E-state index in [1.165, 1.54) is 30.8 Å². The lowest BCUT2D eigenvalue weighted by atomic mass is 10.1. The molecular formula is C26H39F3N2O3S2. The molecule has 1 atom stereocenters. The second kappa shape index (κ2) is 15.2. The number of carbonyl (C=O) groups excluding carboxylic acids is 1. The number of fused-ring (bicyclic) bond motifs is 1. The Bertz CT molecular complexity index is 945. The number of hydrogen-bond donors (Lipinski definition) is 2. The molecule has 0 heterocycles. The third-order valence-electron chi connectivity index (χ3n) is 4.99. The lowest BCUT2D eigenvalue weighted by Gasteiger charge is -2.24. The van der Waals surface area contributed by atoms with Crippen molar-refractivity contribution in [2.45, 2.75) is 89.4 Å². The highest BCUT2D eigenvalue weighted by Gasteiger charge is 2.31. The molecule has 5 nitrogen and oxygen atoms in total. The summed E-state index contributed by atoms with van der Waals surface area (Å²) in [6.07, 6.45) is 4.08. The van der Waals surface area contributed by atoms with Gasteiger partial charge in [0.25, 0.3) is 0 Å². The number of rotatable bonds is 7. The fourth-order valence-electron chi connectivity index (χ4n) is 3.17. The summed E-state index contributed by atoms with van der Waals surface area (Å²) in [5, 5.41) is 12.0. The first-order chi connectivity index (χ1) is 16.7. The maximum absolute atomic E-state index is 12.6. The van der Waals surface area contributed by atoms with Crippen molar-refractivity contribution in [1.82, 2.24) is 10.2 Å². The van der Waals surface area contributed by atoms with Crippen LogP contribution in [0.2, 0.25) is 0 Å². The van der Waals surface area contributed by atoms with E-state index in [-0.39, 0.29) is 28.7 Å². The molecule has 0 spiro atoms. The monoisotopic (exact) mass is 548 g/mol. The van der Waals surface area contributed by atoms with Crippen molar-refractivity contribution < 1.29 is 27.9 Å². The lowest BCUT2D eigenvalue weighted by molar-refractivity contribution is -0.138. The number of thioether (sulfide) groups is 2. The van der Waals surface area contributed by atoms with Crippen LogP contribution in [0.3, 0.4) is 0 Å².